The number of carboxylic acid groups (broad SMARTS) is 1. The summed E-state index contributed by atoms with van der Waals surface area (Å²) in [4.78, 5) is 25.8. The zero-order chi connectivity index (χ0) is 29.3. The van der Waals surface area contributed by atoms with E-state index in [0.717, 1.165) is 44.2 Å². The molecule has 216 valence electrons. The highest BCUT2D eigenvalue weighted by Crippen LogP contribution is 2.50. The first-order valence-electron chi connectivity index (χ1n) is 13.6. The molecular formula is C31H32F3N3O4. The molecule has 1 amide bonds. The van der Waals surface area contributed by atoms with Gasteiger partial charge in [-0.05, 0) is 67.1 Å². The van der Waals surface area contributed by atoms with E-state index in [0.29, 0.717) is 16.8 Å². The number of hydrogen-bond acceptors (Lipinski definition) is 5. The Labute approximate surface area is 236 Å². The number of hydrogen-bond donors (Lipinski definition) is 4. The fourth-order valence-corrected chi connectivity index (χ4v) is 6.31. The molecule has 1 heterocycles. The molecule has 4 N–H and O–H groups in total. The van der Waals surface area contributed by atoms with Crippen molar-refractivity contribution in [2.75, 3.05) is 23.1 Å². The molecule has 1 aliphatic carbocycles. The van der Waals surface area contributed by atoms with E-state index in [-0.39, 0.29) is 28.8 Å². The molecule has 41 heavy (non-hydrogen) atoms. The van der Waals surface area contributed by atoms with Gasteiger partial charge in [-0.25, -0.2) is 18.0 Å². The second-order valence-electron chi connectivity index (χ2n) is 10.8. The normalized spacial score (nSPS) is 17.6. The first kappa shape index (κ1) is 28.5. The molecule has 3 aromatic rings. The Bertz CT molecular complexity index is 1430. The molecule has 0 spiro atoms. The smallest absolute Gasteiger partial charge is 0.335 e. The van der Waals surface area contributed by atoms with Crippen LogP contribution in [0.3, 0.4) is 0 Å². The third-order valence-electron chi connectivity index (χ3n) is 8.19. The van der Waals surface area contributed by atoms with E-state index in [4.69, 9.17) is 4.74 Å². The highest BCUT2D eigenvalue weighted by atomic mass is 19.2. The van der Waals surface area contributed by atoms with Gasteiger partial charge in [-0.2, -0.15) is 0 Å². The fourth-order valence-electron chi connectivity index (χ4n) is 6.31. The van der Waals surface area contributed by atoms with Gasteiger partial charge in [0.05, 0.1) is 22.9 Å². The van der Waals surface area contributed by atoms with Gasteiger partial charge in [0.2, 0.25) is 5.91 Å². The maximum Gasteiger partial charge on any atom is 0.335 e. The Hall–Kier alpha value is -4.05. The standard InChI is InChI=1S/C31H32F3N3O4/c1-17-14-20(30(39)40)10-13-24(17)35-29(38)27(18-6-4-3-5-7-18)31(28(41-2)19-8-11-21(32)12-9-19)36-25-15-22(33)23(34)16-26(25)37-31/h8-16,18,27-28,36-37H,3-7H2,1-2H3,(H,35,38)(H,39,40). The van der Waals surface area contributed by atoms with Crippen LogP contribution in [-0.2, 0) is 9.53 Å². The summed E-state index contributed by atoms with van der Waals surface area (Å²) in [5.74, 6) is -4.97. The van der Waals surface area contributed by atoms with Crippen molar-refractivity contribution in [3.05, 3.63) is 88.7 Å². The zero-order valence-electron chi connectivity index (χ0n) is 22.8. The van der Waals surface area contributed by atoms with E-state index < -0.39 is 41.1 Å². The van der Waals surface area contributed by atoms with Gasteiger partial charge in [0.25, 0.3) is 0 Å². The van der Waals surface area contributed by atoms with E-state index in [2.05, 4.69) is 16.0 Å². The molecule has 0 bridgehead atoms. The van der Waals surface area contributed by atoms with Gasteiger partial charge in [-0.3, -0.25) is 4.79 Å². The van der Waals surface area contributed by atoms with Crippen LogP contribution in [0.1, 0.15) is 59.7 Å². The van der Waals surface area contributed by atoms with Crippen molar-refractivity contribution in [1.82, 2.24) is 0 Å². The van der Waals surface area contributed by atoms with E-state index in [1.165, 1.54) is 31.4 Å². The summed E-state index contributed by atoms with van der Waals surface area (Å²) in [5.41, 5.74) is 0.771. The maximum atomic E-state index is 14.4. The summed E-state index contributed by atoms with van der Waals surface area (Å²) >= 11 is 0. The predicted octanol–water partition coefficient (Wildman–Crippen LogP) is 6.87. The van der Waals surface area contributed by atoms with Crippen LogP contribution in [0, 0.1) is 36.2 Å². The molecule has 7 nitrogen and oxygen atoms in total. The van der Waals surface area contributed by atoms with Crippen molar-refractivity contribution >= 4 is 28.9 Å². The lowest BCUT2D eigenvalue weighted by Crippen LogP contribution is -2.60. The number of methoxy groups -OCH3 is 1. The van der Waals surface area contributed by atoms with Crippen LogP contribution >= 0.6 is 0 Å². The lowest BCUT2D eigenvalue weighted by atomic mass is 9.70. The SMILES string of the molecule is COC(c1ccc(F)cc1)C1(C(C(=O)Nc2ccc(C(=O)O)cc2C)C2CCCCC2)Nc2cc(F)c(F)cc2N1. The first-order valence-corrected chi connectivity index (χ1v) is 13.6. The van der Waals surface area contributed by atoms with Crippen molar-refractivity contribution in [2.24, 2.45) is 11.8 Å². The van der Waals surface area contributed by atoms with Gasteiger partial charge >= 0.3 is 5.97 Å². The third kappa shape index (κ3) is 5.48. The minimum atomic E-state index is -1.42. The van der Waals surface area contributed by atoms with E-state index in [1.54, 1.807) is 25.1 Å². The second-order valence-corrected chi connectivity index (χ2v) is 10.8. The molecule has 0 saturated heterocycles. The van der Waals surface area contributed by atoms with Crippen LogP contribution in [0.2, 0.25) is 0 Å². The molecule has 2 unspecified atom stereocenters. The molecular weight excluding hydrogens is 535 g/mol. The summed E-state index contributed by atoms with van der Waals surface area (Å²) in [6.45, 7) is 1.71. The van der Waals surface area contributed by atoms with Crippen molar-refractivity contribution in [1.29, 1.82) is 0 Å². The number of aromatic carboxylic acids is 1. The number of amides is 1. The largest absolute Gasteiger partial charge is 0.478 e. The van der Waals surface area contributed by atoms with Crippen LogP contribution in [0.15, 0.2) is 54.6 Å². The van der Waals surface area contributed by atoms with Gasteiger partial charge in [0.15, 0.2) is 17.3 Å². The Balaban J connectivity index is 1.63. The Morgan fingerprint density at radius 2 is 1.56 bits per heavy atom. The van der Waals surface area contributed by atoms with E-state index in [1.807, 2.05) is 0 Å². The number of fused-ring (bicyclic) bond motifs is 1. The molecule has 10 heteroatoms. The topological polar surface area (TPSA) is 99.7 Å². The molecule has 1 aliphatic heterocycles. The van der Waals surface area contributed by atoms with Crippen LogP contribution in [0.25, 0.3) is 0 Å². The minimum absolute atomic E-state index is 0.0928. The van der Waals surface area contributed by atoms with Gasteiger partial charge < -0.3 is 25.8 Å². The number of ether oxygens (including phenoxy) is 1. The van der Waals surface area contributed by atoms with Crippen molar-refractivity contribution in [3.8, 4) is 0 Å². The molecule has 2 atom stereocenters. The summed E-state index contributed by atoms with van der Waals surface area (Å²) < 4.78 is 48.7. The van der Waals surface area contributed by atoms with Gasteiger partial charge in [0.1, 0.15) is 11.9 Å². The monoisotopic (exact) mass is 567 g/mol. The lowest BCUT2D eigenvalue weighted by molar-refractivity contribution is -0.126. The highest BCUT2D eigenvalue weighted by molar-refractivity contribution is 5.97. The van der Waals surface area contributed by atoms with Gasteiger partial charge in [0, 0.05) is 24.9 Å². The second kappa shape index (κ2) is 11.4. The Morgan fingerprint density at radius 3 is 2.10 bits per heavy atom. The molecule has 1 fully saturated rings. The summed E-state index contributed by atoms with van der Waals surface area (Å²) in [5, 5.41) is 19.0. The number of carbonyl (C=O) groups is 2. The number of aryl methyl sites for hydroxylation is 1. The maximum absolute atomic E-state index is 14.4. The Kier molecular flexibility index (Phi) is 7.95. The summed E-state index contributed by atoms with van der Waals surface area (Å²) in [6, 6.07) is 12.2. The fraction of sp³-hybridized carbons (Fsp3) is 0.355. The predicted molar refractivity (Wildman–Crippen MR) is 149 cm³/mol. The molecule has 1 saturated carbocycles. The first-order chi connectivity index (χ1) is 19.6. The summed E-state index contributed by atoms with van der Waals surface area (Å²) in [7, 11) is 1.47. The zero-order valence-corrected chi connectivity index (χ0v) is 22.8. The van der Waals surface area contributed by atoms with Crippen LogP contribution in [0.4, 0.5) is 30.2 Å². The number of rotatable bonds is 8. The van der Waals surface area contributed by atoms with Crippen LogP contribution in [0.5, 0.6) is 0 Å². The van der Waals surface area contributed by atoms with Crippen LogP contribution in [-0.4, -0.2) is 29.8 Å². The minimum Gasteiger partial charge on any atom is -0.478 e. The van der Waals surface area contributed by atoms with Crippen molar-refractivity contribution in [2.45, 2.75) is 50.8 Å². The van der Waals surface area contributed by atoms with Gasteiger partial charge in [-0.15, -0.1) is 0 Å². The number of anilines is 3. The highest BCUT2D eigenvalue weighted by Gasteiger charge is 2.56. The number of nitrogens with one attached hydrogen (secondary N) is 3. The third-order valence-corrected chi connectivity index (χ3v) is 8.19. The Morgan fingerprint density at radius 1 is 0.951 bits per heavy atom. The number of benzene rings is 3. The van der Waals surface area contributed by atoms with Gasteiger partial charge in [-0.1, -0.05) is 31.4 Å². The molecule has 2 aliphatic rings. The average molecular weight is 568 g/mol. The molecule has 3 aromatic carbocycles. The summed E-state index contributed by atoms with van der Waals surface area (Å²) in [6.07, 6.45) is 3.41. The number of halogens is 3. The van der Waals surface area contributed by atoms with E-state index in [9.17, 15) is 27.9 Å². The average Bonchev–Trinajstić information content (AvgIpc) is 3.30. The van der Waals surface area contributed by atoms with Crippen LogP contribution < -0.4 is 16.0 Å². The lowest BCUT2D eigenvalue weighted by Gasteiger charge is -2.46. The van der Waals surface area contributed by atoms with Crippen molar-refractivity contribution < 1.29 is 32.6 Å². The number of carbonyl (C=O) groups excluding carboxylic acids is 1. The quantitative estimate of drug-likeness (QED) is 0.237. The molecule has 0 aromatic heterocycles. The number of carboxylic acids is 1. The van der Waals surface area contributed by atoms with E-state index >= 15 is 0 Å². The molecule has 5 rings (SSSR count). The molecule has 0 radical (unpaired) electrons. The van der Waals surface area contributed by atoms with Crippen molar-refractivity contribution in [3.63, 3.8) is 0 Å².